The molecule has 3 N–H and O–H groups in total. The number of sulfonamides is 1. The van der Waals surface area contributed by atoms with Gasteiger partial charge in [0.1, 0.15) is 5.82 Å². The van der Waals surface area contributed by atoms with Crippen molar-refractivity contribution in [2.45, 2.75) is 4.90 Å². The molecule has 7 heteroatoms. The van der Waals surface area contributed by atoms with E-state index in [1.807, 2.05) is 0 Å². The molecule has 20 heavy (non-hydrogen) atoms. The van der Waals surface area contributed by atoms with Crippen molar-refractivity contribution in [3.8, 4) is 0 Å². The third-order valence-corrected chi connectivity index (χ3v) is 3.39. The molecule has 2 rings (SSSR count). The number of nitrogens with two attached hydrogens (primary N) is 1. The largest absolute Gasteiger partial charge is 0.279 e. The zero-order valence-electron chi connectivity index (χ0n) is 10.3. The normalized spacial score (nSPS) is 11.7. The third kappa shape index (κ3) is 3.87. The number of hydrogen-bond donors (Lipinski definition) is 2. The van der Waals surface area contributed by atoms with Crippen LogP contribution in [0, 0.1) is 5.82 Å². The first-order valence-electron chi connectivity index (χ1n) is 5.63. The number of nitrogens with one attached hydrogen (secondary N) is 1. The van der Waals surface area contributed by atoms with Gasteiger partial charge in [0.2, 0.25) is 10.0 Å². The fourth-order valence-electron chi connectivity index (χ4n) is 1.45. The molecule has 0 fully saturated rings. The number of benzene rings is 2. The Morgan fingerprint density at radius 3 is 2.20 bits per heavy atom. The first kappa shape index (κ1) is 14.2. The van der Waals surface area contributed by atoms with Crippen LogP contribution in [0.4, 0.5) is 10.1 Å². The first-order chi connectivity index (χ1) is 9.45. The number of anilines is 1. The minimum absolute atomic E-state index is 0.0329. The fraction of sp³-hybridized carbons (Fsp3) is 0. The number of hydrazone groups is 1. The summed E-state index contributed by atoms with van der Waals surface area (Å²) in [4.78, 5) is 0.0329. The van der Waals surface area contributed by atoms with E-state index < -0.39 is 10.0 Å². The van der Waals surface area contributed by atoms with Crippen molar-refractivity contribution in [3.05, 3.63) is 59.9 Å². The van der Waals surface area contributed by atoms with E-state index in [0.29, 0.717) is 5.69 Å². The molecule has 0 atom stereocenters. The monoisotopic (exact) mass is 293 g/mol. The first-order valence-corrected chi connectivity index (χ1v) is 7.17. The second kappa shape index (κ2) is 5.81. The topological polar surface area (TPSA) is 84.5 Å². The highest BCUT2D eigenvalue weighted by atomic mass is 32.2. The van der Waals surface area contributed by atoms with Gasteiger partial charge in [0, 0.05) is 0 Å². The number of hydrogen-bond acceptors (Lipinski definition) is 4. The van der Waals surface area contributed by atoms with Crippen molar-refractivity contribution in [2.75, 3.05) is 5.43 Å². The van der Waals surface area contributed by atoms with Crippen LogP contribution in [0.1, 0.15) is 5.56 Å². The average molecular weight is 293 g/mol. The van der Waals surface area contributed by atoms with Gasteiger partial charge < -0.3 is 0 Å². The van der Waals surface area contributed by atoms with Crippen molar-refractivity contribution in [2.24, 2.45) is 10.2 Å². The highest BCUT2D eigenvalue weighted by Crippen LogP contribution is 2.12. The Kier molecular flexibility index (Phi) is 4.11. The molecule has 0 saturated carbocycles. The molecule has 0 aromatic heterocycles. The maximum Gasteiger partial charge on any atom is 0.238 e. The summed E-state index contributed by atoms with van der Waals surface area (Å²) in [5, 5.41) is 8.94. The van der Waals surface area contributed by atoms with Gasteiger partial charge in [0.05, 0.1) is 16.8 Å². The van der Waals surface area contributed by atoms with E-state index in [1.54, 1.807) is 24.3 Å². The molecule has 0 aliphatic carbocycles. The average Bonchev–Trinajstić information content (AvgIpc) is 2.41. The van der Waals surface area contributed by atoms with Crippen LogP contribution in [0.3, 0.4) is 0 Å². The number of halogens is 1. The minimum atomic E-state index is -3.69. The van der Waals surface area contributed by atoms with E-state index in [2.05, 4.69) is 10.5 Å². The lowest BCUT2D eigenvalue weighted by Crippen LogP contribution is -2.11. The Morgan fingerprint density at radius 1 is 1.05 bits per heavy atom. The Balaban J connectivity index is 2.02. The van der Waals surface area contributed by atoms with Crippen molar-refractivity contribution >= 4 is 21.9 Å². The summed E-state index contributed by atoms with van der Waals surface area (Å²) >= 11 is 0. The van der Waals surface area contributed by atoms with E-state index in [0.717, 1.165) is 5.56 Å². The van der Waals surface area contributed by atoms with Crippen LogP contribution in [-0.2, 0) is 10.0 Å². The molecule has 5 nitrogen and oxygen atoms in total. The summed E-state index contributed by atoms with van der Waals surface area (Å²) in [5.41, 5.74) is 4.07. The van der Waals surface area contributed by atoms with E-state index in [9.17, 15) is 12.8 Å². The molecule has 0 radical (unpaired) electrons. The SMILES string of the molecule is NS(=O)(=O)c1ccc(NN=Cc2ccc(F)cc2)cc1. The zero-order valence-corrected chi connectivity index (χ0v) is 11.1. The van der Waals surface area contributed by atoms with Crippen LogP contribution in [0.25, 0.3) is 0 Å². The summed E-state index contributed by atoms with van der Waals surface area (Å²) in [6.07, 6.45) is 1.52. The Bertz CT molecular complexity index is 710. The molecular weight excluding hydrogens is 281 g/mol. The number of primary sulfonamides is 1. The lowest BCUT2D eigenvalue weighted by atomic mass is 10.2. The van der Waals surface area contributed by atoms with Gasteiger partial charge in [0.15, 0.2) is 0 Å². The predicted octanol–water partition coefficient (Wildman–Crippen LogP) is 1.92. The summed E-state index contributed by atoms with van der Waals surface area (Å²) in [6.45, 7) is 0. The molecule has 0 unspecified atom stereocenters. The molecular formula is C13H12FN3O2S. The summed E-state index contributed by atoms with van der Waals surface area (Å²) < 4.78 is 34.8. The van der Waals surface area contributed by atoms with Gasteiger partial charge in [-0.1, -0.05) is 12.1 Å². The molecule has 0 bridgehead atoms. The van der Waals surface area contributed by atoms with Crippen LogP contribution in [0.5, 0.6) is 0 Å². The summed E-state index contributed by atoms with van der Waals surface area (Å²) in [7, 11) is -3.69. The molecule has 0 aliphatic heterocycles. The van der Waals surface area contributed by atoms with E-state index in [1.165, 1.54) is 30.5 Å². The highest BCUT2D eigenvalue weighted by Gasteiger charge is 2.05. The van der Waals surface area contributed by atoms with Crippen LogP contribution in [-0.4, -0.2) is 14.6 Å². The molecule has 0 aliphatic rings. The lowest BCUT2D eigenvalue weighted by molar-refractivity contribution is 0.598. The summed E-state index contributed by atoms with van der Waals surface area (Å²) in [5.74, 6) is -0.311. The highest BCUT2D eigenvalue weighted by molar-refractivity contribution is 7.89. The van der Waals surface area contributed by atoms with E-state index in [4.69, 9.17) is 5.14 Å². The maximum absolute atomic E-state index is 12.7. The van der Waals surface area contributed by atoms with Crippen LogP contribution < -0.4 is 10.6 Å². The number of nitrogens with zero attached hydrogens (tertiary/aromatic N) is 1. The zero-order chi connectivity index (χ0) is 14.6. The lowest BCUT2D eigenvalue weighted by Gasteiger charge is -2.01. The van der Waals surface area contributed by atoms with Gasteiger partial charge >= 0.3 is 0 Å². The van der Waals surface area contributed by atoms with E-state index in [-0.39, 0.29) is 10.7 Å². The van der Waals surface area contributed by atoms with Crippen molar-refractivity contribution in [3.63, 3.8) is 0 Å². The quantitative estimate of drug-likeness (QED) is 0.667. The van der Waals surface area contributed by atoms with Gasteiger partial charge in [-0.3, -0.25) is 5.43 Å². The van der Waals surface area contributed by atoms with Gasteiger partial charge in [-0.15, -0.1) is 0 Å². The van der Waals surface area contributed by atoms with Gasteiger partial charge in [-0.05, 0) is 42.0 Å². The second-order valence-corrected chi connectivity index (χ2v) is 5.55. The molecule has 0 amide bonds. The van der Waals surface area contributed by atoms with Crippen molar-refractivity contribution in [1.29, 1.82) is 0 Å². The molecule has 0 saturated heterocycles. The minimum Gasteiger partial charge on any atom is -0.279 e. The van der Waals surface area contributed by atoms with Gasteiger partial charge in [-0.2, -0.15) is 5.10 Å². The Morgan fingerprint density at radius 2 is 1.65 bits per heavy atom. The van der Waals surface area contributed by atoms with Gasteiger partial charge in [0.25, 0.3) is 0 Å². The van der Waals surface area contributed by atoms with Crippen molar-refractivity contribution in [1.82, 2.24) is 0 Å². The third-order valence-electron chi connectivity index (χ3n) is 2.46. The standard InChI is InChI=1S/C13H12FN3O2S/c14-11-3-1-10(2-4-11)9-16-17-12-5-7-13(8-6-12)20(15,18)19/h1-9,17H,(H2,15,18,19). The molecule has 2 aromatic rings. The van der Waals surface area contributed by atoms with E-state index >= 15 is 0 Å². The Hall–Kier alpha value is -2.25. The maximum atomic E-state index is 12.7. The van der Waals surface area contributed by atoms with Crippen molar-refractivity contribution < 1.29 is 12.8 Å². The number of rotatable bonds is 4. The Labute approximate surface area is 116 Å². The molecule has 0 heterocycles. The smallest absolute Gasteiger partial charge is 0.238 e. The van der Waals surface area contributed by atoms with Crippen LogP contribution >= 0.6 is 0 Å². The molecule has 2 aromatic carbocycles. The molecule has 0 spiro atoms. The predicted molar refractivity (Wildman–Crippen MR) is 75.4 cm³/mol. The van der Waals surface area contributed by atoms with Crippen LogP contribution in [0.2, 0.25) is 0 Å². The summed E-state index contributed by atoms with van der Waals surface area (Å²) in [6, 6.07) is 11.7. The van der Waals surface area contributed by atoms with Crippen LogP contribution in [0.15, 0.2) is 58.5 Å². The molecule has 104 valence electrons. The van der Waals surface area contributed by atoms with Gasteiger partial charge in [-0.25, -0.2) is 17.9 Å². The second-order valence-electron chi connectivity index (χ2n) is 3.99. The fourth-order valence-corrected chi connectivity index (χ4v) is 1.96.